The van der Waals surface area contributed by atoms with Crippen molar-refractivity contribution < 1.29 is 13.9 Å². The number of ether oxygens (including phenoxy) is 1. The van der Waals surface area contributed by atoms with E-state index >= 15 is 0 Å². The maximum absolute atomic E-state index is 13.5. The molecule has 2 aromatic carbocycles. The minimum absolute atomic E-state index is 0.0554. The molecule has 0 aromatic heterocycles. The van der Waals surface area contributed by atoms with Crippen LogP contribution in [-0.2, 0) is 4.74 Å². The zero-order chi connectivity index (χ0) is 18.6. The van der Waals surface area contributed by atoms with Crippen LogP contribution in [0.4, 0.5) is 4.39 Å². The summed E-state index contributed by atoms with van der Waals surface area (Å²) in [6.45, 7) is 5.02. The molecule has 4 rings (SSSR count). The third kappa shape index (κ3) is 4.20. The smallest absolute Gasteiger partial charge is 0.253 e. The van der Waals surface area contributed by atoms with Crippen LogP contribution in [0, 0.1) is 5.82 Å². The molecule has 4 nitrogen and oxygen atoms in total. The van der Waals surface area contributed by atoms with Crippen LogP contribution in [0.3, 0.4) is 0 Å². The number of hydrogen-bond donors (Lipinski definition) is 0. The maximum Gasteiger partial charge on any atom is 0.253 e. The zero-order valence-electron chi connectivity index (χ0n) is 15.4. The highest BCUT2D eigenvalue weighted by atomic mass is 19.1. The van der Waals surface area contributed by atoms with Gasteiger partial charge in [-0.2, -0.15) is 0 Å². The summed E-state index contributed by atoms with van der Waals surface area (Å²) in [4.78, 5) is 17.4. The largest absolute Gasteiger partial charge is 0.381 e. The van der Waals surface area contributed by atoms with Gasteiger partial charge in [0.1, 0.15) is 5.82 Å². The van der Waals surface area contributed by atoms with Crippen LogP contribution in [0.1, 0.15) is 23.2 Å². The van der Waals surface area contributed by atoms with Gasteiger partial charge in [0, 0.05) is 51.0 Å². The van der Waals surface area contributed by atoms with E-state index in [0.29, 0.717) is 11.6 Å². The molecule has 5 heteroatoms. The molecule has 0 N–H and O–H groups in total. The lowest BCUT2D eigenvalue weighted by atomic mass is 10.0. The van der Waals surface area contributed by atoms with Gasteiger partial charge in [-0.05, 0) is 48.2 Å². The molecule has 142 valence electrons. The highest BCUT2D eigenvalue weighted by Gasteiger charge is 2.27. The van der Waals surface area contributed by atoms with E-state index in [-0.39, 0.29) is 11.7 Å². The quantitative estimate of drug-likeness (QED) is 0.832. The van der Waals surface area contributed by atoms with Crippen molar-refractivity contribution in [3.63, 3.8) is 0 Å². The Balaban J connectivity index is 1.42. The Kier molecular flexibility index (Phi) is 5.50. The number of benzene rings is 2. The fraction of sp³-hybridized carbons (Fsp3) is 0.409. The van der Waals surface area contributed by atoms with Gasteiger partial charge in [-0.1, -0.05) is 24.3 Å². The number of carbonyl (C=O) groups is 1. The fourth-order valence-corrected chi connectivity index (χ4v) is 4.02. The SMILES string of the molecule is O=C(c1cccc(-c2cccc(F)c2)c1)N1CCN(C2CCOCC2)CC1. The number of nitrogens with zero attached hydrogens (tertiary/aromatic N) is 2. The highest BCUT2D eigenvalue weighted by molar-refractivity contribution is 5.95. The summed E-state index contributed by atoms with van der Waals surface area (Å²) < 4.78 is 19.0. The van der Waals surface area contributed by atoms with E-state index in [2.05, 4.69) is 4.90 Å². The summed E-state index contributed by atoms with van der Waals surface area (Å²) in [5, 5.41) is 0. The summed E-state index contributed by atoms with van der Waals surface area (Å²) in [5.74, 6) is -0.214. The Morgan fingerprint density at radius 3 is 2.30 bits per heavy atom. The molecule has 2 aliphatic heterocycles. The van der Waals surface area contributed by atoms with E-state index in [4.69, 9.17) is 4.74 Å². The molecular weight excluding hydrogens is 343 g/mol. The molecule has 27 heavy (non-hydrogen) atoms. The van der Waals surface area contributed by atoms with Gasteiger partial charge in [0.25, 0.3) is 5.91 Å². The Bertz CT molecular complexity index is 796. The maximum atomic E-state index is 13.5. The first kappa shape index (κ1) is 18.1. The first-order valence-corrected chi connectivity index (χ1v) is 9.68. The van der Waals surface area contributed by atoms with Gasteiger partial charge < -0.3 is 9.64 Å². The van der Waals surface area contributed by atoms with Crippen molar-refractivity contribution in [2.24, 2.45) is 0 Å². The number of halogens is 1. The number of hydrogen-bond acceptors (Lipinski definition) is 3. The number of amides is 1. The van der Waals surface area contributed by atoms with Crippen LogP contribution in [0.5, 0.6) is 0 Å². The van der Waals surface area contributed by atoms with Gasteiger partial charge in [0.2, 0.25) is 0 Å². The predicted molar refractivity (Wildman–Crippen MR) is 103 cm³/mol. The van der Waals surface area contributed by atoms with Crippen molar-refractivity contribution in [1.82, 2.24) is 9.80 Å². The molecule has 0 atom stereocenters. The first-order chi connectivity index (χ1) is 13.2. The molecule has 2 aromatic rings. The van der Waals surface area contributed by atoms with Gasteiger partial charge in [0.05, 0.1) is 0 Å². The molecule has 2 heterocycles. The molecular formula is C22H25FN2O2. The van der Waals surface area contributed by atoms with Crippen molar-refractivity contribution in [2.45, 2.75) is 18.9 Å². The van der Waals surface area contributed by atoms with Crippen LogP contribution in [0.2, 0.25) is 0 Å². The number of rotatable bonds is 3. The molecule has 0 radical (unpaired) electrons. The predicted octanol–water partition coefficient (Wildman–Crippen LogP) is 3.43. The normalized spacial score (nSPS) is 19.2. The van der Waals surface area contributed by atoms with Gasteiger partial charge in [-0.15, -0.1) is 0 Å². The van der Waals surface area contributed by atoms with Crippen molar-refractivity contribution >= 4 is 5.91 Å². The molecule has 2 aliphatic rings. The second-order valence-corrected chi connectivity index (χ2v) is 7.26. The highest BCUT2D eigenvalue weighted by Crippen LogP contribution is 2.23. The topological polar surface area (TPSA) is 32.8 Å². The average Bonchev–Trinajstić information content (AvgIpc) is 2.74. The lowest BCUT2D eigenvalue weighted by molar-refractivity contribution is 0.0137. The van der Waals surface area contributed by atoms with Gasteiger partial charge >= 0.3 is 0 Å². The van der Waals surface area contributed by atoms with E-state index < -0.39 is 0 Å². The zero-order valence-corrected chi connectivity index (χ0v) is 15.4. The Hall–Kier alpha value is -2.24. The Morgan fingerprint density at radius 1 is 0.926 bits per heavy atom. The lowest BCUT2D eigenvalue weighted by Crippen LogP contribution is -2.53. The fourth-order valence-electron chi connectivity index (χ4n) is 4.02. The average molecular weight is 368 g/mol. The number of carbonyl (C=O) groups excluding carboxylic acids is 1. The molecule has 0 unspecified atom stereocenters. The van der Waals surface area contributed by atoms with Crippen molar-refractivity contribution in [3.8, 4) is 11.1 Å². The summed E-state index contributed by atoms with van der Waals surface area (Å²) in [7, 11) is 0. The van der Waals surface area contributed by atoms with E-state index in [0.717, 1.165) is 63.4 Å². The third-order valence-electron chi connectivity index (χ3n) is 5.58. The van der Waals surface area contributed by atoms with Crippen LogP contribution in [-0.4, -0.2) is 61.1 Å². The molecule has 1 amide bonds. The van der Waals surface area contributed by atoms with Crippen LogP contribution in [0.15, 0.2) is 48.5 Å². The standard InChI is InChI=1S/C22H25FN2O2/c23-20-6-2-4-18(16-20)17-3-1-5-19(15-17)22(26)25-11-9-24(10-12-25)21-7-13-27-14-8-21/h1-6,15-16,21H,7-14H2. The second-order valence-electron chi connectivity index (χ2n) is 7.26. The Morgan fingerprint density at radius 2 is 1.59 bits per heavy atom. The van der Waals surface area contributed by atoms with E-state index in [1.54, 1.807) is 6.07 Å². The molecule has 2 fully saturated rings. The monoisotopic (exact) mass is 368 g/mol. The number of piperazine rings is 1. The third-order valence-corrected chi connectivity index (χ3v) is 5.58. The van der Waals surface area contributed by atoms with E-state index in [1.165, 1.54) is 12.1 Å². The van der Waals surface area contributed by atoms with Crippen LogP contribution in [0.25, 0.3) is 11.1 Å². The van der Waals surface area contributed by atoms with Gasteiger partial charge in [0.15, 0.2) is 0 Å². The minimum atomic E-state index is -0.270. The van der Waals surface area contributed by atoms with Crippen molar-refractivity contribution in [1.29, 1.82) is 0 Å². The molecule has 0 bridgehead atoms. The van der Waals surface area contributed by atoms with Crippen LogP contribution < -0.4 is 0 Å². The van der Waals surface area contributed by atoms with E-state index in [9.17, 15) is 9.18 Å². The van der Waals surface area contributed by atoms with E-state index in [1.807, 2.05) is 35.2 Å². The second kappa shape index (κ2) is 8.19. The summed E-state index contributed by atoms with van der Waals surface area (Å²) in [5.41, 5.74) is 2.31. The summed E-state index contributed by atoms with van der Waals surface area (Å²) in [6.07, 6.45) is 2.17. The van der Waals surface area contributed by atoms with Crippen molar-refractivity contribution in [2.75, 3.05) is 39.4 Å². The minimum Gasteiger partial charge on any atom is -0.381 e. The molecule has 0 spiro atoms. The first-order valence-electron chi connectivity index (χ1n) is 9.68. The molecule has 2 saturated heterocycles. The van der Waals surface area contributed by atoms with Crippen LogP contribution >= 0.6 is 0 Å². The van der Waals surface area contributed by atoms with Crippen molar-refractivity contribution in [3.05, 3.63) is 59.9 Å². The summed E-state index contributed by atoms with van der Waals surface area (Å²) >= 11 is 0. The Labute approximate surface area is 159 Å². The molecule has 0 aliphatic carbocycles. The van der Waals surface area contributed by atoms with Gasteiger partial charge in [-0.3, -0.25) is 9.69 Å². The summed E-state index contributed by atoms with van der Waals surface area (Å²) in [6, 6.07) is 14.5. The van der Waals surface area contributed by atoms with Gasteiger partial charge in [-0.25, -0.2) is 4.39 Å². The molecule has 0 saturated carbocycles. The lowest BCUT2D eigenvalue weighted by Gasteiger charge is -2.40.